The molecule has 0 atom stereocenters. The SMILES string of the molecule is Cc1ccc(-n2ncc(C(=O)O)c2C)c(C)c1. The lowest BCUT2D eigenvalue weighted by molar-refractivity contribution is 0.0696. The van der Waals surface area contributed by atoms with E-state index in [0.29, 0.717) is 5.69 Å². The minimum atomic E-state index is -0.946. The van der Waals surface area contributed by atoms with E-state index in [1.54, 1.807) is 11.6 Å². The third-order valence-corrected chi connectivity index (χ3v) is 2.82. The van der Waals surface area contributed by atoms with Crippen LogP contribution in [0.5, 0.6) is 0 Å². The summed E-state index contributed by atoms with van der Waals surface area (Å²) in [5.74, 6) is -0.946. The number of benzene rings is 1. The minimum Gasteiger partial charge on any atom is -0.478 e. The van der Waals surface area contributed by atoms with Gasteiger partial charge in [0.15, 0.2) is 0 Å². The molecule has 1 heterocycles. The number of carboxylic acids is 1. The van der Waals surface area contributed by atoms with E-state index >= 15 is 0 Å². The van der Waals surface area contributed by atoms with Crippen molar-refractivity contribution in [2.75, 3.05) is 0 Å². The highest BCUT2D eigenvalue weighted by molar-refractivity contribution is 5.88. The second-order valence-corrected chi connectivity index (χ2v) is 4.15. The maximum atomic E-state index is 11.0. The molecule has 1 aromatic heterocycles. The second-order valence-electron chi connectivity index (χ2n) is 4.15. The Labute approximate surface area is 99.5 Å². The van der Waals surface area contributed by atoms with Crippen molar-refractivity contribution in [3.63, 3.8) is 0 Å². The number of aromatic carboxylic acids is 1. The van der Waals surface area contributed by atoms with Crippen molar-refractivity contribution < 1.29 is 9.90 Å². The summed E-state index contributed by atoms with van der Waals surface area (Å²) in [6.07, 6.45) is 1.39. The monoisotopic (exact) mass is 230 g/mol. The first-order valence-corrected chi connectivity index (χ1v) is 5.36. The van der Waals surface area contributed by atoms with Crippen LogP contribution < -0.4 is 0 Å². The van der Waals surface area contributed by atoms with Gasteiger partial charge in [-0.2, -0.15) is 5.10 Å². The third kappa shape index (κ3) is 1.93. The molecule has 0 spiro atoms. The van der Waals surface area contributed by atoms with Crippen molar-refractivity contribution in [3.05, 3.63) is 46.8 Å². The highest BCUT2D eigenvalue weighted by atomic mass is 16.4. The molecule has 0 aliphatic carbocycles. The van der Waals surface area contributed by atoms with Crippen LogP contribution >= 0.6 is 0 Å². The summed E-state index contributed by atoms with van der Waals surface area (Å²) in [7, 11) is 0. The highest BCUT2D eigenvalue weighted by Crippen LogP contribution is 2.18. The highest BCUT2D eigenvalue weighted by Gasteiger charge is 2.14. The number of carboxylic acid groups (broad SMARTS) is 1. The van der Waals surface area contributed by atoms with E-state index in [1.165, 1.54) is 11.8 Å². The van der Waals surface area contributed by atoms with Crippen LogP contribution in [0.15, 0.2) is 24.4 Å². The van der Waals surface area contributed by atoms with E-state index in [9.17, 15) is 4.79 Å². The molecule has 17 heavy (non-hydrogen) atoms. The molecular formula is C13H14N2O2. The Bertz CT molecular complexity index is 585. The molecule has 4 heteroatoms. The zero-order chi connectivity index (χ0) is 12.6. The van der Waals surface area contributed by atoms with Gasteiger partial charge in [0.1, 0.15) is 5.56 Å². The molecule has 0 fully saturated rings. The average molecular weight is 230 g/mol. The number of nitrogens with zero attached hydrogens (tertiary/aromatic N) is 2. The molecule has 0 unspecified atom stereocenters. The maximum Gasteiger partial charge on any atom is 0.339 e. The number of hydrogen-bond acceptors (Lipinski definition) is 2. The van der Waals surface area contributed by atoms with Gasteiger partial charge in [-0.15, -0.1) is 0 Å². The van der Waals surface area contributed by atoms with Crippen molar-refractivity contribution >= 4 is 5.97 Å². The van der Waals surface area contributed by atoms with E-state index in [0.717, 1.165) is 11.3 Å². The number of hydrogen-bond donors (Lipinski definition) is 1. The molecule has 0 aliphatic heterocycles. The fourth-order valence-electron chi connectivity index (χ4n) is 1.91. The number of rotatable bonds is 2. The summed E-state index contributed by atoms with van der Waals surface area (Å²) >= 11 is 0. The third-order valence-electron chi connectivity index (χ3n) is 2.82. The maximum absolute atomic E-state index is 11.0. The number of carbonyl (C=O) groups is 1. The van der Waals surface area contributed by atoms with Crippen molar-refractivity contribution in [3.8, 4) is 5.69 Å². The zero-order valence-electron chi connectivity index (χ0n) is 10.1. The van der Waals surface area contributed by atoms with Crippen LogP contribution in [-0.2, 0) is 0 Å². The van der Waals surface area contributed by atoms with Gasteiger partial charge in [0.2, 0.25) is 0 Å². The summed E-state index contributed by atoms with van der Waals surface area (Å²) in [4.78, 5) is 11.0. The molecule has 0 saturated carbocycles. The fraction of sp³-hybridized carbons (Fsp3) is 0.231. The quantitative estimate of drug-likeness (QED) is 0.862. The minimum absolute atomic E-state index is 0.241. The molecule has 0 saturated heterocycles. The molecular weight excluding hydrogens is 216 g/mol. The molecule has 1 aromatic carbocycles. The van der Waals surface area contributed by atoms with E-state index < -0.39 is 5.97 Å². The Morgan fingerprint density at radius 3 is 2.53 bits per heavy atom. The van der Waals surface area contributed by atoms with Gasteiger partial charge in [-0.3, -0.25) is 0 Å². The normalized spacial score (nSPS) is 10.5. The second kappa shape index (κ2) is 4.05. The van der Waals surface area contributed by atoms with Gasteiger partial charge >= 0.3 is 5.97 Å². The van der Waals surface area contributed by atoms with Crippen LogP contribution in [0.25, 0.3) is 5.69 Å². The van der Waals surface area contributed by atoms with Gasteiger partial charge in [-0.1, -0.05) is 17.7 Å². The first kappa shape index (κ1) is 11.4. The molecule has 4 nitrogen and oxygen atoms in total. The summed E-state index contributed by atoms with van der Waals surface area (Å²) < 4.78 is 1.66. The lowest BCUT2D eigenvalue weighted by atomic mass is 10.1. The van der Waals surface area contributed by atoms with E-state index in [1.807, 2.05) is 26.0 Å². The van der Waals surface area contributed by atoms with Gasteiger partial charge in [-0.25, -0.2) is 9.48 Å². The Kier molecular flexibility index (Phi) is 2.71. The van der Waals surface area contributed by atoms with Crippen molar-refractivity contribution in [1.29, 1.82) is 0 Å². The molecule has 1 N–H and O–H groups in total. The number of aromatic nitrogens is 2. The Hall–Kier alpha value is -2.10. The van der Waals surface area contributed by atoms with Crippen LogP contribution in [0, 0.1) is 20.8 Å². The predicted molar refractivity (Wildman–Crippen MR) is 64.7 cm³/mol. The number of aryl methyl sites for hydroxylation is 2. The largest absolute Gasteiger partial charge is 0.478 e. The van der Waals surface area contributed by atoms with Crippen molar-refractivity contribution in [2.24, 2.45) is 0 Å². The summed E-state index contributed by atoms with van der Waals surface area (Å²) in [5.41, 5.74) is 4.05. The average Bonchev–Trinajstić information content (AvgIpc) is 2.60. The van der Waals surface area contributed by atoms with Gasteiger partial charge in [0.05, 0.1) is 17.6 Å². The molecule has 0 bridgehead atoms. The van der Waals surface area contributed by atoms with Crippen LogP contribution in [0.4, 0.5) is 0 Å². The molecule has 2 aromatic rings. The van der Waals surface area contributed by atoms with Crippen molar-refractivity contribution in [2.45, 2.75) is 20.8 Å². The van der Waals surface area contributed by atoms with Crippen molar-refractivity contribution in [1.82, 2.24) is 9.78 Å². The molecule has 2 rings (SSSR count). The van der Waals surface area contributed by atoms with Crippen LogP contribution in [0.3, 0.4) is 0 Å². The summed E-state index contributed by atoms with van der Waals surface area (Å²) in [5, 5.41) is 13.1. The lowest BCUT2D eigenvalue weighted by Crippen LogP contribution is -2.04. The van der Waals surface area contributed by atoms with E-state index in [4.69, 9.17) is 5.11 Å². The molecule has 0 aliphatic rings. The zero-order valence-corrected chi connectivity index (χ0v) is 10.1. The van der Waals surface area contributed by atoms with Gasteiger partial charge in [0.25, 0.3) is 0 Å². The Balaban J connectivity index is 2.57. The Morgan fingerprint density at radius 1 is 1.29 bits per heavy atom. The van der Waals surface area contributed by atoms with Crippen LogP contribution in [-0.4, -0.2) is 20.9 Å². The Morgan fingerprint density at radius 2 is 2.00 bits per heavy atom. The smallest absolute Gasteiger partial charge is 0.339 e. The van der Waals surface area contributed by atoms with Crippen LogP contribution in [0.2, 0.25) is 0 Å². The first-order valence-electron chi connectivity index (χ1n) is 5.36. The standard InChI is InChI=1S/C13H14N2O2/c1-8-4-5-12(9(2)6-8)15-10(3)11(7-14-15)13(16)17/h4-7H,1-3H3,(H,16,17). The topological polar surface area (TPSA) is 55.1 Å². The van der Waals surface area contributed by atoms with Gasteiger partial charge in [-0.05, 0) is 32.4 Å². The predicted octanol–water partition coefficient (Wildman–Crippen LogP) is 2.50. The lowest BCUT2D eigenvalue weighted by Gasteiger charge is -2.09. The molecule has 88 valence electrons. The van der Waals surface area contributed by atoms with Gasteiger partial charge in [0, 0.05) is 0 Å². The molecule has 0 amide bonds. The van der Waals surface area contributed by atoms with E-state index in [2.05, 4.69) is 11.2 Å². The first-order chi connectivity index (χ1) is 8.00. The summed E-state index contributed by atoms with van der Waals surface area (Å²) in [6, 6.07) is 6.00. The molecule has 0 radical (unpaired) electrons. The van der Waals surface area contributed by atoms with E-state index in [-0.39, 0.29) is 5.56 Å². The fourth-order valence-corrected chi connectivity index (χ4v) is 1.91. The summed E-state index contributed by atoms with van der Waals surface area (Å²) in [6.45, 7) is 5.77. The van der Waals surface area contributed by atoms with Gasteiger partial charge < -0.3 is 5.11 Å². The van der Waals surface area contributed by atoms with Crippen LogP contribution in [0.1, 0.15) is 27.2 Å².